The van der Waals surface area contributed by atoms with E-state index < -0.39 is 35.8 Å². The Morgan fingerprint density at radius 2 is 1.86 bits per heavy atom. The maximum Gasteiger partial charge on any atom is 0.416 e. The molecule has 0 saturated heterocycles. The number of carbonyl (C=O) groups is 2. The summed E-state index contributed by atoms with van der Waals surface area (Å²) in [6.45, 7) is 2.58. The topological polar surface area (TPSA) is 99.5 Å². The van der Waals surface area contributed by atoms with Crippen LogP contribution < -0.4 is 15.6 Å². The minimum absolute atomic E-state index is 0.0119. The molecule has 0 saturated carbocycles. The molecule has 0 atom stereocenters. The van der Waals surface area contributed by atoms with Gasteiger partial charge in [0.1, 0.15) is 0 Å². The molecule has 0 aliphatic rings. The molecule has 1 heterocycles. The van der Waals surface area contributed by atoms with E-state index in [-0.39, 0.29) is 28.8 Å². The van der Waals surface area contributed by atoms with E-state index in [0.717, 1.165) is 22.9 Å². The highest BCUT2D eigenvalue weighted by Gasteiger charge is 2.31. The highest BCUT2D eigenvalue weighted by molar-refractivity contribution is 6.33. The molecule has 8 nitrogen and oxygen atoms in total. The van der Waals surface area contributed by atoms with Crippen LogP contribution in [0.25, 0.3) is 5.69 Å². The fraction of sp³-hybridized carbons (Fsp3) is 0.217. The maximum absolute atomic E-state index is 12.9. The first kappa shape index (κ1) is 25.8. The van der Waals surface area contributed by atoms with E-state index >= 15 is 0 Å². The molecule has 1 N–H and O–H groups in total. The largest absolute Gasteiger partial charge is 0.481 e. The number of nitrogens with zero attached hydrogens (tertiary/aromatic N) is 2. The highest BCUT2D eigenvalue weighted by atomic mass is 35.5. The van der Waals surface area contributed by atoms with Crippen LogP contribution in [0.4, 0.5) is 18.9 Å². The van der Waals surface area contributed by atoms with Crippen LogP contribution in [0.2, 0.25) is 5.02 Å². The summed E-state index contributed by atoms with van der Waals surface area (Å²) in [6, 6.07) is 10.2. The quantitative estimate of drug-likeness (QED) is 0.474. The van der Waals surface area contributed by atoms with Gasteiger partial charge in [0.15, 0.2) is 12.4 Å². The van der Waals surface area contributed by atoms with Gasteiger partial charge in [-0.15, -0.1) is 0 Å². The summed E-state index contributed by atoms with van der Waals surface area (Å²) in [4.78, 5) is 37.5. The molecule has 0 spiro atoms. The van der Waals surface area contributed by atoms with Crippen LogP contribution in [-0.4, -0.2) is 34.9 Å². The molecule has 0 aliphatic heterocycles. The van der Waals surface area contributed by atoms with Crippen molar-refractivity contribution in [3.05, 3.63) is 80.7 Å². The number of amides is 1. The number of para-hydroxylation sites is 1. The number of hydrogen-bond acceptors (Lipinski definition) is 6. The van der Waals surface area contributed by atoms with Gasteiger partial charge in [-0.2, -0.15) is 23.0 Å². The zero-order valence-corrected chi connectivity index (χ0v) is 19.2. The number of benzene rings is 2. The van der Waals surface area contributed by atoms with E-state index in [1.54, 1.807) is 38.1 Å². The fourth-order valence-electron chi connectivity index (χ4n) is 2.99. The number of nitrogens with one attached hydrogen (secondary N) is 1. The Kier molecular flexibility index (Phi) is 7.80. The van der Waals surface area contributed by atoms with Crippen molar-refractivity contribution in [3.63, 3.8) is 0 Å². The number of aryl methyl sites for hydroxylation is 1. The molecule has 0 fully saturated rings. The number of rotatable bonds is 7. The summed E-state index contributed by atoms with van der Waals surface area (Å²) in [7, 11) is 0. The zero-order valence-electron chi connectivity index (χ0n) is 18.5. The summed E-state index contributed by atoms with van der Waals surface area (Å²) in [6.07, 6.45) is -4.64. The standard InChI is InChI=1S/C23H19ClF3N3O5/c1-3-34-22(33)21-18(11-20(32)30(29-21)17-7-5-4-6-13(17)2)35-12-19(31)28-16-10-14(23(25,26)27)8-9-15(16)24/h4-11H,3,12H2,1-2H3,(H,28,31). The molecule has 3 aromatic rings. The first-order valence-electron chi connectivity index (χ1n) is 10.2. The molecule has 12 heteroatoms. The number of ether oxygens (including phenoxy) is 2. The van der Waals surface area contributed by atoms with Gasteiger partial charge in [-0.25, -0.2) is 4.79 Å². The van der Waals surface area contributed by atoms with Gasteiger partial charge in [0, 0.05) is 0 Å². The summed E-state index contributed by atoms with van der Waals surface area (Å²) in [5.74, 6) is -2.11. The van der Waals surface area contributed by atoms with Gasteiger partial charge in [-0.1, -0.05) is 29.8 Å². The molecule has 1 aromatic heterocycles. The Morgan fingerprint density at radius 3 is 2.51 bits per heavy atom. The van der Waals surface area contributed by atoms with Gasteiger partial charge >= 0.3 is 12.1 Å². The lowest BCUT2D eigenvalue weighted by atomic mass is 10.2. The Bertz CT molecular complexity index is 1320. The number of carbonyl (C=O) groups excluding carboxylic acids is 2. The predicted octanol–water partition coefficient (Wildman–Crippen LogP) is 4.41. The van der Waals surface area contributed by atoms with Crippen LogP contribution >= 0.6 is 11.6 Å². The highest BCUT2D eigenvalue weighted by Crippen LogP contribution is 2.33. The van der Waals surface area contributed by atoms with Crippen LogP contribution in [0.5, 0.6) is 5.75 Å². The van der Waals surface area contributed by atoms with Crippen LogP contribution in [0.3, 0.4) is 0 Å². The first-order chi connectivity index (χ1) is 16.5. The van der Waals surface area contributed by atoms with Crippen molar-refractivity contribution in [3.8, 4) is 11.4 Å². The van der Waals surface area contributed by atoms with Gasteiger partial charge in [-0.05, 0) is 43.7 Å². The van der Waals surface area contributed by atoms with Crippen LogP contribution in [0, 0.1) is 6.92 Å². The van der Waals surface area contributed by atoms with Gasteiger partial charge in [0.25, 0.3) is 11.5 Å². The Labute approximate surface area is 202 Å². The third-order valence-corrected chi connectivity index (χ3v) is 4.97. The Morgan fingerprint density at radius 1 is 1.14 bits per heavy atom. The van der Waals surface area contributed by atoms with Crippen molar-refractivity contribution in [2.75, 3.05) is 18.5 Å². The normalized spacial score (nSPS) is 11.1. The second kappa shape index (κ2) is 10.6. The van der Waals surface area contributed by atoms with Gasteiger partial charge in [0.05, 0.1) is 34.6 Å². The summed E-state index contributed by atoms with van der Waals surface area (Å²) >= 11 is 5.88. The summed E-state index contributed by atoms with van der Waals surface area (Å²) < 4.78 is 50.1. The van der Waals surface area contributed by atoms with Crippen molar-refractivity contribution < 1.29 is 32.2 Å². The smallest absolute Gasteiger partial charge is 0.416 e. The van der Waals surface area contributed by atoms with E-state index in [0.29, 0.717) is 17.3 Å². The van der Waals surface area contributed by atoms with Crippen LogP contribution in [0.15, 0.2) is 53.3 Å². The minimum Gasteiger partial charge on any atom is -0.481 e. The van der Waals surface area contributed by atoms with E-state index in [2.05, 4.69) is 10.4 Å². The van der Waals surface area contributed by atoms with E-state index in [1.807, 2.05) is 0 Å². The van der Waals surface area contributed by atoms with Gasteiger partial charge in [-0.3, -0.25) is 9.59 Å². The zero-order chi connectivity index (χ0) is 25.8. The number of halogens is 4. The van der Waals surface area contributed by atoms with Crippen molar-refractivity contribution in [1.82, 2.24) is 9.78 Å². The van der Waals surface area contributed by atoms with Crippen molar-refractivity contribution in [2.45, 2.75) is 20.0 Å². The molecule has 0 aliphatic carbocycles. The minimum atomic E-state index is -4.64. The molecule has 1 amide bonds. The van der Waals surface area contributed by atoms with Gasteiger partial charge in [0.2, 0.25) is 5.69 Å². The predicted molar refractivity (Wildman–Crippen MR) is 121 cm³/mol. The van der Waals surface area contributed by atoms with Crippen LogP contribution in [-0.2, 0) is 15.7 Å². The number of aromatic nitrogens is 2. The van der Waals surface area contributed by atoms with E-state index in [9.17, 15) is 27.6 Å². The lowest BCUT2D eigenvalue weighted by molar-refractivity contribution is -0.137. The Hall–Kier alpha value is -3.86. The second-order valence-corrected chi connectivity index (χ2v) is 7.55. The molecule has 184 valence electrons. The lowest BCUT2D eigenvalue weighted by Gasteiger charge is -2.14. The Balaban J connectivity index is 1.87. The molecule has 2 aromatic carbocycles. The third kappa shape index (κ3) is 6.18. The average molecular weight is 510 g/mol. The maximum atomic E-state index is 12.9. The molecule has 0 bridgehead atoms. The molecular weight excluding hydrogens is 491 g/mol. The molecule has 0 radical (unpaired) electrons. The fourth-order valence-corrected chi connectivity index (χ4v) is 3.16. The number of alkyl halides is 3. The van der Waals surface area contributed by atoms with E-state index in [1.165, 1.54) is 0 Å². The molecule has 35 heavy (non-hydrogen) atoms. The van der Waals surface area contributed by atoms with Crippen molar-refractivity contribution in [2.24, 2.45) is 0 Å². The number of hydrogen-bond donors (Lipinski definition) is 1. The number of esters is 1. The van der Waals surface area contributed by atoms with Gasteiger partial charge < -0.3 is 14.8 Å². The molecule has 3 rings (SSSR count). The first-order valence-corrected chi connectivity index (χ1v) is 10.6. The monoisotopic (exact) mass is 509 g/mol. The summed E-state index contributed by atoms with van der Waals surface area (Å²) in [5.41, 5.74) is -1.17. The SMILES string of the molecule is CCOC(=O)c1nn(-c2ccccc2C)c(=O)cc1OCC(=O)Nc1cc(C(F)(F)F)ccc1Cl. The van der Waals surface area contributed by atoms with Crippen molar-refractivity contribution >= 4 is 29.2 Å². The number of anilines is 1. The van der Waals surface area contributed by atoms with Crippen LogP contribution in [0.1, 0.15) is 28.5 Å². The average Bonchev–Trinajstić information content (AvgIpc) is 2.79. The third-order valence-electron chi connectivity index (χ3n) is 4.64. The van der Waals surface area contributed by atoms with Crippen molar-refractivity contribution in [1.29, 1.82) is 0 Å². The lowest BCUT2D eigenvalue weighted by Crippen LogP contribution is -2.27. The van der Waals surface area contributed by atoms with E-state index in [4.69, 9.17) is 21.1 Å². The molecular formula is C23H19ClF3N3O5. The summed E-state index contributed by atoms with van der Waals surface area (Å²) in [5, 5.41) is 6.15. The molecule has 0 unspecified atom stereocenters. The second-order valence-electron chi connectivity index (χ2n) is 7.14.